The van der Waals surface area contributed by atoms with Crippen molar-refractivity contribution in [3.05, 3.63) is 0 Å². The van der Waals surface area contributed by atoms with E-state index in [1.807, 2.05) is 0 Å². The molecule has 0 atom stereocenters. The van der Waals surface area contributed by atoms with Crippen molar-refractivity contribution in [3.8, 4) is 0 Å². The molecule has 0 aromatic carbocycles. The highest BCUT2D eigenvalue weighted by Gasteiger charge is 2.04. The molecule has 0 aliphatic heterocycles. The molecule has 5 nitrogen and oxygen atoms in total. The molecule has 1 amide bonds. The van der Waals surface area contributed by atoms with E-state index in [9.17, 15) is 13.6 Å². The van der Waals surface area contributed by atoms with Crippen LogP contribution >= 0.6 is 12.2 Å². The number of hydrazine groups is 1. The van der Waals surface area contributed by atoms with Gasteiger partial charge in [0.25, 0.3) is 6.43 Å². The lowest BCUT2D eigenvalue weighted by atomic mass is 10.4. The first-order valence-electron chi connectivity index (χ1n) is 3.72. The molecule has 0 rings (SSSR count). The summed E-state index contributed by atoms with van der Waals surface area (Å²) in [7, 11) is 0. The molecule has 0 saturated heterocycles. The van der Waals surface area contributed by atoms with Crippen LogP contribution in [0.5, 0.6) is 0 Å². The van der Waals surface area contributed by atoms with E-state index in [2.05, 4.69) is 27.8 Å². The van der Waals surface area contributed by atoms with Crippen molar-refractivity contribution < 1.29 is 18.3 Å². The van der Waals surface area contributed by atoms with Crippen LogP contribution in [0.15, 0.2) is 0 Å². The van der Waals surface area contributed by atoms with Gasteiger partial charge >= 0.3 is 0 Å². The van der Waals surface area contributed by atoms with Gasteiger partial charge < -0.3 is 10.5 Å². The standard InChI is InChI=1S/C6H11F2N3O2S/c7-4(8)3-13-2-1-5(12)10-11-6(9)14/h4H,1-3H2,(H,10,12)(H3,9,11,14). The fraction of sp³-hybridized carbons (Fsp3) is 0.667. The molecule has 0 aromatic rings. The molecule has 0 aliphatic carbocycles. The van der Waals surface area contributed by atoms with Gasteiger partial charge in [-0.1, -0.05) is 0 Å². The van der Waals surface area contributed by atoms with Crippen LogP contribution < -0.4 is 16.6 Å². The van der Waals surface area contributed by atoms with Crippen molar-refractivity contribution in [2.24, 2.45) is 5.73 Å². The van der Waals surface area contributed by atoms with Crippen molar-refractivity contribution in [1.29, 1.82) is 0 Å². The van der Waals surface area contributed by atoms with E-state index in [1.54, 1.807) is 0 Å². The van der Waals surface area contributed by atoms with Crippen LogP contribution in [0, 0.1) is 0 Å². The average molecular weight is 227 g/mol. The SMILES string of the molecule is NC(=S)NNC(=O)CCOCC(F)F. The maximum absolute atomic E-state index is 11.5. The van der Waals surface area contributed by atoms with Crippen LogP contribution in [0.2, 0.25) is 0 Å². The molecule has 0 aliphatic rings. The zero-order valence-electron chi connectivity index (χ0n) is 7.26. The normalized spacial score (nSPS) is 9.93. The Hall–Kier alpha value is -1.02. The molecule has 8 heteroatoms. The molecule has 0 aromatic heterocycles. The Morgan fingerprint density at radius 1 is 1.50 bits per heavy atom. The third-order valence-electron chi connectivity index (χ3n) is 1.04. The molecule has 0 heterocycles. The van der Waals surface area contributed by atoms with Gasteiger partial charge in [0.05, 0.1) is 13.0 Å². The number of hydrogen-bond acceptors (Lipinski definition) is 3. The molecule has 0 spiro atoms. The first-order chi connectivity index (χ1) is 6.52. The average Bonchev–Trinajstić information content (AvgIpc) is 2.08. The van der Waals surface area contributed by atoms with Crippen LogP contribution in [0.4, 0.5) is 8.78 Å². The van der Waals surface area contributed by atoms with E-state index < -0.39 is 18.9 Å². The number of carbonyl (C=O) groups is 1. The van der Waals surface area contributed by atoms with E-state index in [4.69, 9.17) is 5.73 Å². The lowest BCUT2D eigenvalue weighted by Gasteiger charge is -2.06. The predicted molar refractivity (Wildman–Crippen MR) is 49.5 cm³/mol. The van der Waals surface area contributed by atoms with E-state index in [-0.39, 0.29) is 18.1 Å². The number of nitrogens with one attached hydrogen (secondary N) is 2. The molecule has 0 saturated carbocycles. The third-order valence-corrected chi connectivity index (χ3v) is 1.14. The van der Waals surface area contributed by atoms with Gasteiger partial charge in [0.1, 0.15) is 6.61 Å². The molecular formula is C6H11F2N3O2S. The van der Waals surface area contributed by atoms with Gasteiger partial charge in [0.2, 0.25) is 5.91 Å². The fourth-order valence-electron chi connectivity index (χ4n) is 0.531. The number of rotatable bonds is 5. The second-order valence-corrected chi connectivity index (χ2v) is 2.69. The summed E-state index contributed by atoms with van der Waals surface area (Å²) in [5.41, 5.74) is 9.36. The second kappa shape index (κ2) is 7.39. The van der Waals surface area contributed by atoms with E-state index >= 15 is 0 Å². The smallest absolute Gasteiger partial charge is 0.261 e. The fourth-order valence-corrected chi connectivity index (χ4v) is 0.582. The topological polar surface area (TPSA) is 76.4 Å². The summed E-state index contributed by atoms with van der Waals surface area (Å²) in [6.07, 6.45) is -2.56. The molecular weight excluding hydrogens is 216 g/mol. The van der Waals surface area contributed by atoms with Gasteiger partial charge in [-0.2, -0.15) is 0 Å². The minimum atomic E-state index is -2.52. The largest absolute Gasteiger partial charge is 0.375 e. The van der Waals surface area contributed by atoms with Gasteiger partial charge in [-0.05, 0) is 12.2 Å². The molecule has 14 heavy (non-hydrogen) atoms. The van der Waals surface area contributed by atoms with E-state index in [0.717, 1.165) is 0 Å². The van der Waals surface area contributed by atoms with Crippen molar-refractivity contribution in [2.75, 3.05) is 13.2 Å². The summed E-state index contributed by atoms with van der Waals surface area (Å²) in [5, 5.41) is -0.0770. The Labute approximate surface area is 84.9 Å². The zero-order valence-corrected chi connectivity index (χ0v) is 8.07. The Morgan fingerprint density at radius 2 is 2.14 bits per heavy atom. The van der Waals surface area contributed by atoms with Crippen molar-refractivity contribution >= 4 is 23.2 Å². The Bertz CT molecular complexity index is 204. The quantitative estimate of drug-likeness (QED) is 0.336. The Balaban J connectivity index is 3.31. The molecule has 0 unspecified atom stereocenters. The summed E-state index contributed by atoms with van der Waals surface area (Å²) in [6, 6.07) is 0. The zero-order chi connectivity index (χ0) is 11.0. The van der Waals surface area contributed by atoms with E-state index in [0.29, 0.717) is 0 Å². The minimum absolute atomic E-state index is 0.0394. The van der Waals surface area contributed by atoms with Crippen molar-refractivity contribution in [3.63, 3.8) is 0 Å². The van der Waals surface area contributed by atoms with Gasteiger partial charge in [0, 0.05) is 0 Å². The number of hydrogen-bond donors (Lipinski definition) is 3. The lowest BCUT2D eigenvalue weighted by Crippen LogP contribution is -2.44. The molecule has 82 valence electrons. The van der Waals surface area contributed by atoms with Crippen molar-refractivity contribution in [1.82, 2.24) is 10.9 Å². The van der Waals surface area contributed by atoms with Crippen molar-refractivity contribution in [2.45, 2.75) is 12.8 Å². The second-order valence-electron chi connectivity index (χ2n) is 2.25. The first-order valence-corrected chi connectivity index (χ1v) is 4.13. The summed E-state index contributed by atoms with van der Waals surface area (Å²) >= 11 is 4.41. The number of alkyl halides is 2. The van der Waals surface area contributed by atoms with E-state index in [1.165, 1.54) is 0 Å². The maximum atomic E-state index is 11.5. The maximum Gasteiger partial charge on any atom is 0.261 e. The number of halogens is 2. The minimum Gasteiger partial charge on any atom is -0.375 e. The van der Waals surface area contributed by atoms with Gasteiger partial charge in [-0.25, -0.2) is 8.78 Å². The Morgan fingerprint density at radius 3 is 2.64 bits per heavy atom. The molecule has 0 fully saturated rings. The predicted octanol–water partition coefficient (Wildman–Crippen LogP) is -0.477. The number of ether oxygens (including phenoxy) is 1. The summed E-state index contributed by atoms with van der Waals surface area (Å²) in [6.45, 7) is -0.745. The highest BCUT2D eigenvalue weighted by molar-refractivity contribution is 7.80. The summed E-state index contributed by atoms with van der Waals surface area (Å²) in [5.74, 6) is -0.438. The summed E-state index contributed by atoms with van der Waals surface area (Å²) < 4.78 is 27.6. The number of amides is 1. The number of thiocarbonyl (C=S) groups is 1. The Kier molecular flexibility index (Phi) is 6.85. The molecule has 0 bridgehead atoms. The van der Waals surface area contributed by atoms with Gasteiger partial charge in [-0.15, -0.1) is 0 Å². The summed E-state index contributed by atoms with van der Waals surface area (Å²) in [4.78, 5) is 10.8. The third kappa shape index (κ3) is 9.07. The number of nitrogens with two attached hydrogens (primary N) is 1. The highest BCUT2D eigenvalue weighted by atomic mass is 32.1. The van der Waals surface area contributed by atoms with Crippen LogP contribution in [0.3, 0.4) is 0 Å². The molecule has 0 radical (unpaired) electrons. The lowest BCUT2D eigenvalue weighted by molar-refractivity contribution is -0.123. The van der Waals surface area contributed by atoms with Crippen LogP contribution in [-0.4, -0.2) is 30.7 Å². The van der Waals surface area contributed by atoms with Gasteiger partial charge in [-0.3, -0.25) is 15.6 Å². The van der Waals surface area contributed by atoms with Crippen LogP contribution in [0.1, 0.15) is 6.42 Å². The van der Waals surface area contributed by atoms with Crippen LogP contribution in [0.25, 0.3) is 0 Å². The van der Waals surface area contributed by atoms with Gasteiger partial charge in [0.15, 0.2) is 5.11 Å². The molecule has 4 N–H and O–H groups in total. The number of carbonyl (C=O) groups excluding carboxylic acids is 1. The van der Waals surface area contributed by atoms with Crippen LogP contribution in [-0.2, 0) is 9.53 Å². The first kappa shape index (κ1) is 13.0. The monoisotopic (exact) mass is 227 g/mol. The highest BCUT2D eigenvalue weighted by Crippen LogP contribution is 1.93.